The average Bonchev–Trinajstić information content (AvgIpc) is 2.45. The Bertz CT molecular complexity index is 458. The van der Waals surface area contributed by atoms with Crippen LogP contribution in [0.25, 0.3) is 0 Å². The van der Waals surface area contributed by atoms with Crippen LogP contribution in [-0.4, -0.2) is 41.5 Å². The number of hydrogen-bond acceptors (Lipinski definition) is 3. The fourth-order valence-corrected chi connectivity index (χ4v) is 2.58. The fourth-order valence-electron chi connectivity index (χ4n) is 2.58. The molecule has 1 atom stereocenters. The highest BCUT2D eigenvalue weighted by Crippen LogP contribution is 2.16. The van der Waals surface area contributed by atoms with Crippen molar-refractivity contribution in [2.45, 2.75) is 32.7 Å². The molecule has 110 valence electrons. The molecule has 0 radical (unpaired) electrons. The first-order chi connectivity index (χ1) is 9.58. The zero-order valence-electron chi connectivity index (χ0n) is 12.1. The second kappa shape index (κ2) is 6.79. The zero-order chi connectivity index (χ0) is 14.5. The Morgan fingerprint density at radius 1 is 1.55 bits per heavy atom. The maximum atomic E-state index is 13.2. The third-order valence-electron chi connectivity index (χ3n) is 3.69. The SMILES string of the molecule is CC(C)N(CC1CCCNC1)C(=O)c1cncc(F)c1. The average molecular weight is 279 g/mol. The van der Waals surface area contributed by atoms with E-state index in [0.717, 1.165) is 32.1 Å². The van der Waals surface area contributed by atoms with Crippen molar-refractivity contribution in [3.8, 4) is 0 Å². The Hall–Kier alpha value is -1.49. The van der Waals surface area contributed by atoms with Gasteiger partial charge in [0.1, 0.15) is 5.82 Å². The second-order valence-electron chi connectivity index (χ2n) is 5.66. The predicted octanol–water partition coefficient (Wildman–Crippen LogP) is 2.07. The van der Waals surface area contributed by atoms with Crippen LogP contribution in [0, 0.1) is 11.7 Å². The number of amides is 1. The molecule has 1 aliphatic heterocycles. The van der Waals surface area contributed by atoms with Crippen LogP contribution in [0.15, 0.2) is 18.5 Å². The molecule has 4 nitrogen and oxygen atoms in total. The lowest BCUT2D eigenvalue weighted by atomic mass is 9.98. The third kappa shape index (κ3) is 3.76. The van der Waals surface area contributed by atoms with Gasteiger partial charge >= 0.3 is 0 Å². The molecule has 0 saturated carbocycles. The first-order valence-electron chi connectivity index (χ1n) is 7.20. The smallest absolute Gasteiger partial charge is 0.255 e. The number of halogens is 1. The Labute approximate surface area is 119 Å². The molecule has 1 amide bonds. The highest BCUT2D eigenvalue weighted by molar-refractivity contribution is 5.94. The number of nitrogens with zero attached hydrogens (tertiary/aromatic N) is 2. The largest absolute Gasteiger partial charge is 0.336 e. The van der Waals surface area contributed by atoms with E-state index in [0.29, 0.717) is 18.0 Å². The van der Waals surface area contributed by atoms with E-state index in [4.69, 9.17) is 0 Å². The van der Waals surface area contributed by atoms with Gasteiger partial charge in [0, 0.05) is 18.8 Å². The van der Waals surface area contributed by atoms with Crippen molar-refractivity contribution in [2.24, 2.45) is 5.92 Å². The second-order valence-corrected chi connectivity index (χ2v) is 5.66. The summed E-state index contributed by atoms with van der Waals surface area (Å²) in [4.78, 5) is 18.1. The van der Waals surface area contributed by atoms with Gasteiger partial charge < -0.3 is 10.2 Å². The number of rotatable bonds is 4. The molecule has 1 aromatic heterocycles. The Balaban J connectivity index is 2.09. The molecular weight excluding hydrogens is 257 g/mol. The lowest BCUT2D eigenvalue weighted by Crippen LogP contribution is -2.44. The first kappa shape index (κ1) is 14.9. The molecule has 1 saturated heterocycles. The summed E-state index contributed by atoms with van der Waals surface area (Å²) in [5.74, 6) is -0.145. The van der Waals surface area contributed by atoms with Crippen LogP contribution in [0.3, 0.4) is 0 Å². The van der Waals surface area contributed by atoms with Crippen LogP contribution in [0.1, 0.15) is 37.0 Å². The number of hydrogen-bond donors (Lipinski definition) is 1. The molecule has 20 heavy (non-hydrogen) atoms. The molecule has 2 rings (SSSR count). The minimum Gasteiger partial charge on any atom is -0.336 e. The number of carbonyl (C=O) groups excluding carboxylic acids is 1. The predicted molar refractivity (Wildman–Crippen MR) is 76.0 cm³/mol. The van der Waals surface area contributed by atoms with Gasteiger partial charge in [0.2, 0.25) is 0 Å². The summed E-state index contributed by atoms with van der Waals surface area (Å²) in [6, 6.07) is 1.34. The molecule has 1 aromatic rings. The monoisotopic (exact) mass is 279 g/mol. The third-order valence-corrected chi connectivity index (χ3v) is 3.69. The topological polar surface area (TPSA) is 45.2 Å². The number of carbonyl (C=O) groups is 1. The zero-order valence-corrected chi connectivity index (χ0v) is 12.1. The van der Waals surface area contributed by atoms with Crippen molar-refractivity contribution in [2.75, 3.05) is 19.6 Å². The van der Waals surface area contributed by atoms with Crippen molar-refractivity contribution in [3.63, 3.8) is 0 Å². The van der Waals surface area contributed by atoms with E-state index >= 15 is 0 Å². The number of piperidine rings is 1. The summed E-state index contributed by atoms with van der Waals surface area (Å²) in [6.07, 6.45) is 4.82. The van der Waals surface area contributed by atoms with Crippen molar-refractivity contribution >= 4 is 5.91 Å². The van der Waals surface area contributed by atoms with Gasteiger partial charge in [-0.1, -0.05) is 0 Å². The maximum absolute atomic E-state index is 13.2. The standard InChI is InChI=1S/C15H22FN3O/c1-11(2)19(10-12-4-3-5-17-7-12)15(20)13-6-14(16)9-18-8-13/h6,8-9,11-12,17H,3-5,7,10H2,1-2H3. The van der Waals surface area contributed by atoms with E-state index in [-0.39, 0.29) is 11.9 Å². The normalized spacial score (nSPS) is 19.1. The summed E-state index contributed by atoms with van der Waals surface area (Å²) in [5.41, 5.74) is 0.322. The van der Waals surface area contributed by atoms with E-state index in [2.05, 4.69) is 10.3 Å². The molecule has 2 heterocycles. The highest BCUT2D eigenvalue weighted by Gasteiger charge is 2.24. The van der Waals surface area contributed by atoms with Gasteiger partial charge in [-0.3, -0.25) is 9.78 Å². The molecule has 1 unspecified atom stereocenters. The summed E-state index contributed by atoms with van der Waals surface area (Å²) < 4.78 is 13.2. The maximum Gasteiger partial charge on any atom is 0.255 e. The van der Waals surface area contributed by atoms with Crippen LogP contribution < -0.4 is 5.32 Å². The van der Waals surface area contributed by atoms with Crippen LogP contribution in [0.2, 0.25) is 0 Å². The first-order valence-corrected chi connectivity index (χ1v) is 7.20. The van der Waals surface area contributed by atoms with Crippen LogP contribution >= 0.6 is 0 Å². The van der Waals surface area contributed by atoms with Crippen molar-refractivity contribution in [1.82, 2.24) is 15.2 Å². The van der Waals surface area contributed by atoms with Gasteiger partial charge in [0.05, 0.1) is 11.8 Å². The van der Waals surface area contributed by atoms with Gasteiger partial charge in [-0.15, -0.1) is 0 Å². The Morgan fingerprint density at radius 3 is 2.95 bits per heavy atom. The van der Waals surface area contributed by atoms with E-state index in [9.17, 15) is 9.18 Å². The molecular formula is C15H22FN3O. The molecule has 1 fully saturated rings. The minimum absolute atomic E-state index is 0.0905. The number of pyridine rings is 1. The van der Waals surface area contributed by atoms with Gasteiger partial charge in [-0.05, 0) is 51.8 Å². The summed E-state index contributed by atoms with van der Waals surface area (Å²) in [6.45, 7) is 6.68. The van der Waals surface area contributed by atoms with Crippen LogP contribution in [0.5, 0.6) is 0 Å². The van der Waals surface area contributed by atoms with Crippen LogP contribution in [0.4, 0.5) is 4.39 Å². The molecule has 1 aliphatic rings. The molecule has 0 spiro atoms. The molecule has 0 aliphatic carbocycles. The molecule has 1 N–H and O–H groups in total. The van der Waals surface area contributed by atoms with E-state index in [1.54, 1.807) is 0 Å². The summed E-state index contributed by atoms with van der Waals surface area (Å²) in [5, 5.41) is 3.36. The van der Waals surface area contributed by atoms with E-state index in [1.165, 1.54) is 12.3 Å². The van der Waals surface area contributed by atoms with Gasteiger partial charge in [0.25, 0.3) is 5.91 Å². The molecule has 0 aromatic carbocycles. The number of nitrogens with one attached hydrogen (secondary N) is 1. The molecule has 0 bridgehead atoms. The lowest BCUT2D eigenvalue weighted by molar-refractivity contribution is 0.0660. The Kier molecular flexibility index (Phi) is 5.06. The quantitative estimate of drug-likeness (QED) is 0.917. The van der Waals surface area contributed by atoms with Gasteiger partial charge in [0.15, 0.2) is 0 Å². The Morgan fingerprint density at radius 2 is 2.35 bits per heavy atom. The van der Waals surface area contributed by atoms with Crippen molar-refractivity contribution < 1.29 is 9.18 Å². The van der Waals surface area contributed by atoms with Gasteiger partial charge in [-0.2, -0.15) is 0 Å². The van der Waals surface area contributed by atoms with Crippen molar-refractivity contribution in [3.05, 3.63) is 29.8 Å². The fraction of sp³-hybridized carbons (Fsp3) is 0.600. The minimum atomic E-state index is -0.473. The summed E-state index contributed by atoms with van der Waals surface area (Å²) in [7, 11) is 0. The van der Waals surface area contributed by atoms with E-state index in [1.807, 2.05) is 18.7 Å². The number of aromatic nitrogens is 1. The molecule has 5 heteroatoms. The van der Waals surface area contributed by atoms with Crippen molar-refractivity contribution in [1.29, 1.82) is 0 Å². The van der Waals surface area contributed by atoms with E-state index < -0.39 is 5.82 Å². The van der Waals surface area contributed by atoms with Crippen LogP contribution in [-0.2, 0) is 0 Å². The van der Waals surface area contributed by atoms with Gasteiger partial charge in [-0.25, -0.2) is 4.39 Å². The summed E-state index contributed by atoms with van der Waals surface area (Å²) >= 11 is 0. The highest BCUT2D eigenvalue weighted by atomic mass is 19.1. The lowest BCUT2D eigenvalue weighted by Gasteiger charge is -2.33.